The maximum atomic E-state index is 12.5. The highest BCUT2D eigenvalue weighted by atomic mass is 32.2. The van der Waals surface area contributed by atoms with E-state index < -0.39 is 15.9 Å². The molecule has 3 rings (SSSR count). The molecule has 2 heterocycles. The van der Waals surface area contributed by atoms with E-state index in [1.165, 1.54) is 16.4 Å². The number of benzene rings is 1. The molecule has 1 aromatic carbocycles. The molecule has 1 aliphatic rings. The molecule has 25 heavy (non-hydrogen) atoms. The van der Waals surface area contributed by atoms with Gasteiger partial charge in [-0.1, -0.05) is 6.07 Å². The van der Waals surface area contributed by atoms with E-state index >= 15 is 0 Å². The first-order valence-electron chi connectivity index (χ1n) is 7.64. The van der Waals surface area contributed by atoms with Gasteiger partial charge in [-0.2, -0.15) is 4.31 Å². The molecule has 0 atom stereocenters. The van der Waals surface area contributed by atoms with E-state index in [0.29, 0.717) is 18.9 Å². The summed E-state index contributed by atoms with van der Waals surface area (Å²) >= 11 is 1.56. The monoisotopic (exact) mass is 382 g/mol. The average molecular weight is 382 g/mol. The lowest BCUT2D eigenvalue weighted by Gasteiger charge is -2.24. The minimum Gasteiger partial charge on any atom is -0.438 e. The summed E-state index contributed by atoms with van der Waals surface area (Å²) in [5.74, 6) is -0.553. The van der Waals surface area contributed by atoms with Gasteiger partial charge < -0.3 is 14.5 Å². The van der Waals surface area contributed by atoms with E-state index in [2.05, 4.69) is 5.32 Å². The summed E-state index contributed by atoms with van der Waals surface area (Å²) in [7, 11) is -3.75. The first kappa shape index (κ1) is 18.0. The molecular weight excluding hydrogens is 364 g/mol. The van der Waals surface area contributed by atoms with E-state index in [1.54, 1.807) is 17.8 Å². The molecule has 2 aromatic rings. The minimum atomic E-state index is -3.75. The van der Waals surface area contributed by atoms with Gasteiger partial charge in [0.2, 0.25) is 5.09 Å². The quantitative estimate of drug-likeness (QED) is 0.798. The summed E-state index contributed by atoms with van der Waals surface area (Å²) in [6, 6.07) is 10.0. The van der Waals surface area contributed by atoms with Crippen LogP contribution in [-0.4, -0.2) is 51.2 Å². The summed E-state index contributed by atoms with van der Waals surface area (Å²) in [5.41, 5.74) is 0.617. The van der Waals surface area contributed by atoms with Crippen molar-refractivity contribution in [3.8, 4) is 0 Å². The van der Waals surface area contributed by atoms with Crippen molar-refractivity contribution < 1.29 is 22.4 Å². The maximum Gasteiger partial charge on any atom is 0.291 e. The predicted octanol–water partition coefficient (Wildman–Crippen LogP) is 2.27. The fourth-order valence-electron chi connectivity index (χ4n) is 2.39. The van der Waals surface area contributed by atoms with Gasteiger partial charge in [-0.05, 0) is 36.6 Å². The van der Waals surface area contributed by atoms with Crippen LogP contribution >= 0.6 is 11.8 Å². The molecule has 1 aliphatic heterocycles. The molecule has 0 bridgehead atoms. The number of thioether (sulfide) groups is 1. The molecule has 7 nitrogen and oxygen atoms in total. The zero-order valence-corrected chi connectivity index (χ0v) is 15.2. The topological polar surface area (TPSA) is 88.9 Å². The molecule has 134 valence electrons. The van der Waals surface area contributed by atoms with E-state index in [-0.39, 0.29) is 23.9 Å². The first-order chi connectivity index (χ1) is 12.0. The third-order valence-electron chi connectivity index (χ3n) is 3.70. The zero-order valence-electron chi connectivity index (χ0n) is 13.6. The third-order valence-corrected chi connectivity index (χ3v) is 6.20. The van der Waals surface area contributed by atoms with E-state index in [0.717, 1.165) is 4.90 Å². The number of carbonyl (C=O) groups is 1. The molecule has 0 spiro atoms. The lowest BCUT2D eigenvalue weighted by Crippen LogP contribution is -2.40. The molecule has 0 saturated carbocycles. The van der Waals surface area contributed by atoms with E-state index in [9.17, 15) is 13.2 Å². The molecule has 1 saturated heterocycles. The number of carbonyl (C=O) groups excluding carboxylic acids is 1. The molecule has 0 aliphatic carbocycles. The van der Waals surface area contributed by atoms with Gasteiger partial charge in [-0.25, -0.2) is 8.42 Å². The van der Waals surface area contributed by atoms with E-state index in [4.69, 9.17) is 9.15 Å². The van der Waals surface area contributed by atoms with Crippen molar-refractivity contribution in [2.75, 3.05) is 37.9 Å². The highest BCUT2D eigenvalue weighted by Gasteiger charge is 2.30. The van der Waals surface area contributed by atoms with Crippen LogP contribution in [0.15, 0.2) is 50.8 Å². The molecule has 1 aromatic heterocycles. The van der Waals surface area contributed by atoms with Gasteiger partial charge in [-0.3, -0.25) is 4.79 Å². The number of sulfonamides is 1. The number of nitrogens with zero attached hydrogens (tertiary/aromatic N) is 1. The standard InChI is InChI=1S/C16H18N2O5S2/c1-24-13-4-2-3-12(11-13)17-16(19)14-5-6-15(23-14)25(20,21)18-7-9-22-10-8-18/h2-6,11H,7-10H2,1H3,(H,17,19). The Hall–Kier alpha value is -1.81. The number of anilines is 1. The van der Waals surface area contributed by atoms with Crippen molar-refractivity contribution in [1.29, 1.82) is 0 Å². The number of nitrogens with one attached hydrogen (secondary N) is 1. The Morgan fingerprint density at radius 3 is 2.68 bits per heavy atom. The number of morpholine rings is 1. The number of furan rings is 1. The summed E-state index contributed by atoms with van der Waals surface area (Å²) < 4.78 is 36.8. The van der Waals surface area contributed by atoms with Crippen LogP contribution in [0.25, 0.3) is 0 Å². The molecule has 9 heteroatoms. The number of hydrogen-bond acceptors (Lipinski definition) is 6. The second-order valence-electron chi connectivity index (χ2n) is 5.32. The lowest BCUT2D eigenvalue weighted by atomic mass is 10.3. The van der Waals surface area contributed by atoms with Crippen molar-refractivity contribution in [3.63, 3.8) is 0 Å². The van der Waals surface area contributed by atoms with Crippen molar-refractivity contribution >= 4 is 33.4 Å². The van der Waals surface area contributed by atoms with Crippen LogP contribution in [0.1, 0.15) is 10.6 Å². The number of amides is 1. The van der Waals surface area contributed by atoms with Crippen molar-refractivity contribution in [1.82, 2.24) is 4.31 Å². The maximum absolute atomic E-state index is 12.5. The smallest absolute Gasteiger partial charge is 0.291 e. The van der Waals surface area contributed by atoms with Gasteiger partial charge in [-0.15, -0.1) is 11.8 Å². The van der Waals surface area contributed by atoms with Crippen LogP contribution in [0.5, 0.6) is 0 Å². The first-order valence-corrected chi connectivity index (χ1v) is 10.3. The molecule has 0 unspecified atom stereocenters. The van der Waals surface area contributed by atoms with Crippen LogP contribution in [0.4, 0.5) is 5.69 Å². The van der Waals surface area contributed by atoms with Gasteiger partial charge >= 0.3 is 0 Å². The van der Waals surface area contributed by atoms with Crippen molar-refractivity contribution in [3.05, 3.63) is 42.2 Å². The molecule has 1 amide bonds. The Morgan fingerprint density at radius 1 is 1.20 bits per heavy atom. The number of hydrogen-bond donors (Lipinski definition) is 1. The fourth-order valence-corrected chi connectivity index (χ4v) is 4.17. The summed E-state index contributed by atoms with van der Waals surface area (Å²) in [6.45, 7) is 1.23. The van der Waals surface area contributed by atoms with E-state index in [1.807, 2.05) is 24.5 Å². The second kappa shape index (κ2) is 7.61. The Morgan fingerprint density at radius 2 is 1.96 bits per heavy atom. The molecule has 1 fully saturated rings. The van der Waals surface area contributed by atoms with Crippen LogP contribution in [0, 0.1) is 0 Å². The Kier molecular flexibility index (Phi) is 5.48. The summed E-state index contributed by atoms with van der Waals surface area (Å²) in [5, 5.41) is 2.46. The van der Waals surface area contributed by atoms with Crippen molar-refractivity contribution in [2.24, 2.45) is 0 Å². The largest absolute Gasteiger partial charge is 0.438 e. The zero-order chi connectivity index (χ0) is 17.9. The highest BCUT2D eigenvalue weighted by Crippen LogP contribution is 2.22. The molecular formula is C16H18N2O5S2. The van der Waals surface area contributed by atoms with Crippen LogP contribution in [0.2, 0.25) is 0 Å². The van der Waals surface area contributed by atoms with Gasteiger partial charge in [0.25, 0.3) is 15.9 Å². The summed E-state index contributed by atoms with van der Waals surface area (Å²) in [6.07, 6.45) is 1.94. The van der Waals surface area contributed by atoms with Crippen molar-refractivity contribution in [2.45, 2.75) is 9.99 Å². The van der Waals surface area contributed by atoms with Gasteiger partial charge in [0.05, 0.1) is 13.2 Å². The average Bonchev–Trinajstić information content (AvgIpc) is 3.14. The lowest BCUT2D eigenvalue weighted by molar-refractivity contribution is 0.0723. The second-order valence-corrected chi connectivity index (χ2v) is 8.07. The van der Waals surface area contributed by atoms with Crippen LogP contribution in [-0.2, 0) is 14.8 Å². The van der Waals surface area contributed by atoms with Gasteiger partial charge in [0, 0.05) is 23.7 Å². The Labute approximate surface area is 150 Å². The predicted molar refractivity (Wildman–Crippen MR) is 94.5 cm³/mol. The van der Waals surface area contributed by atoms with Crippen LogP contribution < -0.4 is 5.32 Å². The Balaban J connectivity index is 1.75. The molecule has 1 N–H and O–H groups in total. The third kappa shape index (κ3) is 4.06. The SMILES string of the molecule is CSc1cccc(NC(=O)c2ccc(S(=O)(=O)N3CCOCC3)o2)c1. The highest BCUT2D eigenvalue weighted by molar-refractivity contribution is 7.98. The normalized spacial score (nSPS) is 15.9. The Bertz CT molecular complexity index is 857. The summed E-state index contributed by atoms with van der Waals surface area (Å²) in [4.78, 5) is 13.3. The van der Waals surface area contributed by atoms with Gasteiger partial charge in [0.15, 0.2) is 5.76 Å². The fraction of sp³-hybridized carbons (Fsp3) is 0.312. The number of rotatable bonds is 5. The van der Waals surface area contributed by atoms with Gasteiger partial charge in [0.1, 0.15) is 0 Å². The number of ether oxygens (including phenoxy) is 1. The molecule has 0 radical (unpaired) electrons. The minimum absolute atomic E-state index is 0.0543. The van der Waals surface area contributed by atoms with Crippen LogP contribution in [0.3, 0.4) is 0 Å².